The third-order valence-electron chi connectivity index (χ3n) is 2.23. The van der Waals surface area contributed by atoms with Crippen LogP contribution in [0.1, 0.15) is 23.2 Å². The molecule has 0 bridgehead atoms. The Bertz CT molecular complexity index is 389. The summed E-state index contributed by atoms with van der Waals surface area (Å²) < 4.78 is 0. The molecular formula is C10H12N2O3. The van der Waals surface area contributed by atoms with Crippen molar-refractivity contribution >= 4 is 5.91 Å². The van der Waals surface area contributed by atoms with Crippen molar-refractivity contribution in [2.75, 3.05) is 6.61 Å². The summed E-state index contributed by atoms with van der Waals surface area (Å²) in [4.78, 5) is 29.6. The second kappa shape index (κ2) is 4.27. The highest BCUT2D eigenvalue weighted by molar-refractivity contribution is 5.92. The highest BCUT2D eigenvalue weighted by Crippen LogP contribution is 2.28. The van der Waals surface area contributed by atoms with Crippen molar-refractivity contribution in [3.05, 3.63) is 34.2 Å². The summed E-state index contributed by atoms with van der Waals surface area (Å²) in [6.45, 7) is 0.565. The fourth-order valence-corrected chi connectivity index (χ4v) is 1.12. The molecule has 0 aliphatic heterocycles. The first-order valence-corrected chi connectivity index (χ1v) is 4.86. The van der Waals surface area contributed by atoms with Crippen LogP contribution in [0.5, 0.6) is 0 Å². The molecule has 0 saturated heterocycles. The first-order chi connectivity index (χ1) is 7.25. The molecule has 1 fully saturated rings. The van der Waals surface area contributed by atoms with Gasteiger partial charge < -0.3 is 4.98 Å². The second-order valence-electron chi connectivity index (χ2n) is 3.63. The highest BCUT2D eigenvalue weighted by atomic mass is 16.7. The quantitative estimate of drug-likeness (QED) is 0.705. The number of carbonyl (C=O) groups excluding carboxylic acids is 1. The number of hydrogen-bond donors (Lipinski definition) is 2. The van der Waals surface area contributed by atoms with Crippen LogP contribution in [0, 0.1) is 5.92 Å². The van der Waals surface area contributed by atoms with Crippen molar-refractivity contribution < 1.29 is 9.63 Å². The number of aromatic nitrogens is 1. The standard InChI is InChI=1S/C10H12N2O3/c13-9-4-3-8(5-11-9)10(14)12-15-6-7-1-2-7/h3-5,7H,1-2,6H2,(H,11,13)(H,12,14). The van der Waals surface area contributed by atoms with Crippen LogP contribution in [0.2, 0.25) is 0 Å². The predicted molar refractivity (Wildman–Crippen MR) is 53.2 cm³/mol. The van der Waals surface area contributed by atoms with Gasteiger partial charge in [-0.1, -0.05) is 0 Å². The van der Waals surface area contributed by atoms with Gasteiger partial charge in [0.15, 0.2) is 0 Å². The van der Waals surface area contributed by atoms with E-state index in [2.05, 4.69) is 10.5 Å². The number of hydrogen-bond acceptors (Lipinski definition) is 3. The predicted octanol–water partition coefficient (Wildman–Crippen LogP) is 0.446. The van der Waals surface area contributed by atoms with Gasteiger partial charge >= 0.3 is 0 Å². The molecule has 5 nitrogen and oxygen atoms in total. The molecule has 2 N–H and O–H groups in total. The van der Waals surface area contributed by atoms with Crippen LogP contribution in [-0.2, 0) is 4.84 Å². The molecule has 1 saturated carbocycles. The van der Waals surface area contributed by atoms with Crippen molar-refractivity contribution in [2.24, 2.45) is 5.92 Å². The Labute approximate surface area is 86.4 Å². The Hall–Kier alpha value is -1.62. The Morgan fingerprint density at radius 1 is 1.53 bits per heavy atom. The molecule has 5 heteroatoms. The molecule has 0 radical (unpaired) electrons. The summed E-state index contributed by atoms with van der Waals surface area (Å²) in [5.41, 5.74) is 2.48. The third-order valence-corrected chi connectivity index (χ3v) is 2.23. The van der Waals surface area contributed by atoms with Crippen LogP contribution in [0.3, 0.4) is 0 Å². The summed E-state index contributed by atoms with van der Waals surface area (Å²) in [5.74, 6) is 0.257. The number of carbonyl (C=O) groups is 1. The van der Waals surface area contributed by atoms with Gasteiger partial charge in [0.1, 0.15) is 0 Å². The number of aromatic amines is 1. The van der Waals surface area contributed by atoms with Gasteiger partial charge in [-0.05, 0) is 24.8 Å². The van der Waals surface area contributed by atoms with E-state index < -0.39 is 0 Å². The van der Waals surface area contributed by atoms with Crippen LogP contribution in [-0.4, -0.2) is 17.5 Å². The van der Waals surface area contributed by atoms with Gasteiger partial charge in [-0.15, -0.1) is 0 Å². The maximum Gasteiger partial charge on any atom is 0.276 e. The lowest BCUT2D eigenvalue weighted by Gasteiger charge is -2.04. The van der Waals surface area contributed by atoms with Crippen LogP contribution in [0.15, 0.2) is 23.1 Å². The fraction of sp³-hybridized carbons (Fsp3) is 0.400. The monoisotopic (exact) mass is 208 g/mol. The fourth-order valence-electron chi connectivity index (χ4n) is 1.12. The summed E-state index contributed by atoms with van der Waals surface area (Å²) in [5, 5.41) is 0. The third kappa shape index (κ3) is 2.92. The van der Waals surface area contributed by atoms with Gasteiger partial charge in [0, 0.05) is 12.3 Å². The van der Waals surface area contributed by atoms with Gasteiger partial charge in [0.25, 0.3) is 5.91 Å². The molecule has 0 unspecified atom stereocenters. The van der Waals surface area contributed by atoms with Crippen molar-refractivity contribution in [1.82, 2.24) is 10.5 Å². The largest absolute Gasteiger partial charge is 0.328 e. The van der Waals surface area contributed by atoms with E-state index in [1.165, 1.54) is 31.2 Å². The Morgan fingerprint density at radius 2 is 2.33 bits per heavy atom. The normalized spacial score (nSPS) is 14.9. The van der Waals surface area contributed by atoms with Crippen LogP contribution >= 0.6 is 0 Å². The summed E-state index contributed by atoms with van der Waals surface area (Å²) in [7, 11) is 0. The molecule has 15 heavy (non-hydrogen) atoms. The number of nitrogens with one attached hydrogen (secondary N) is 2. The summed E-state index contributed by atoms with van der Waals surface area (Å²) in [6, 6.07) is 2.75. The van der Waals surface area contributed by atoms with Crippen molar-refractivity contribution in [1.29, 1.82) is 0 Å². The number of amides is 1. The molecule has 1 aliphatic rings. The molecule has 1 aliphatic carbocycles. The van der Waals surface area contributed by atoms with Crippen LogP contribution in [0.4, 0.5) is 0 Å². The number of pyridine rings is 1. The van der Waals surface area contributed by atoms with E-state index in [1.54, 1.807) is 0 Å². The lowest BCUT2D eigenvalue weighted by molar-refractivity contribution is 0.0270. The van der Waals surface area contributed by atoms with Gasteiger partial charge in [-0.25, -0.2) is 5.48 Å². The zero-order valence-electron chi connectivity index (χ0n) is 8.16. The number of rotatable bonds is 4. The second-order valence-corrected chi connectivity index (χ2v) is 3.63. The van der Waals surface area contributed by atoms with Crippen molar-refractivity contribution in [2.45, 2.75) is 12.8 Å². The lowest BCUT2D eigenvalue weighted by atomic mass is 10.3. The zero-order valence-corrected chi connectivity index (χ0v) is 8.16. The smallest absolute Gasteiger partial charge is 0.276 e. The first-order valence-electron chi connectivity index (χ1n) is 4.86. The average molecular weight is 208 g/mol. The minimum Gasteiger partial charge on any atom is -0.328 e. The average Bonchev–Trinajstić information content (AvgIpc) is 3.02. The van der Waals surface area contributed by atoms with E-state index in [0.717, 1.165) is 0 Å². The maximum atomic E-state index is 11.4. The molecule has 0 atom stereocenters. The Kier molecular flexibility index (Phi) is 2.82. The maximum absolute atomic E-state index is 11.4. The van der Waals surface area contributed by atoms with Gasteiger partial charge in [0.2, 0.25) is 5.56 Å². The number of H-pyrrole nitrogens is 1. The minimum atomic E-state index is -0.341. The molecule has 2 rings (SSSR count). The molecule has 1 aromatic heterocycles. The molecule has 1 amide bonds. The van der Waals surface area contributed by atoms with Crippen LogP contribution < -0.4 is 11.0 Å². The van der Waals surface area contributed by atoms with E-state index in [4.69, 9.17) is 4.84 Å². The van der Waals surface area contributed by atoms with Crippen LogP contribution in [0.25, 0.3) is 0 Å². The van der Waals surface area contributed by atoms with E-state index in [1.807, 2.05) is 0 Å². The van der Waals surface area contributed by atoms with Crippen molar-refractivity contribution in [3.8, 4) is 0 Å². The van der Waals surface area contributed by atoms with E-state index in [-0.39, 0.29) is 11.5 Å². The minimum absolute atomic E-state index is 0.231. The SMILES string of the molecule is O=C(NOCC1CC1)c1ccc(=O)[nH]c1. The number of hydroxylamine groups is 1. The molecule has 1 heterocycles. The lowest BCUT2D eigenvalue weighted by Crippen LogP contribution is -2.25. The molecule has 0 spiro atoms. The van der Waals surface area contributed by atoms with Gasteiger partial charge in [-0.2, -0.15) is 0 Å². The zero-order chi connectivity index (χ0) is 10.7. The molecular weight excluding hydrogens is 196 g/mol. The Morgan fingerprint density at radius 3 is 2.93 bits per heavy atom. The van der Waals surface area contributed by atoms with E-state index >= 15 is 0 Å². The highest BCUT2D eigenvalue weighted by Gasteiger charge is 2.21. The molecule has 0 aromatic carbocycles. The summed E-state index contributed by atoms with van der Waals surface area (Å²) >= 11 is 0. The van der Waals surface area contributed by atoms with Gasteiger partial charge in [-0.3, -0.25) is 14.4 Å². The summed E-state index contributed by atoms with van der Waals surface area (Å²) in [6.07, 6.45) is 3.71. The van der Waals surface area contributed by atoms with Crippen molar-refractivity contribution in [3.63, 3.8) is 0 Å². The van der Waals surface area contributed by atoms with E-state index in [9.17, 15) is 9.59 Å². The molecule has 80 valence electrons. The van der Waals surface area contributed by atoms with Gasteiger partial charge in [0.05, 0.1) is 12.2 Å². The molecule has 1 aromatic rings. The Balaban J connectivity index is 1.83. The topological polar surface area (TPSA) is 71.2 Å². The first kappa shape index (κ1) is 9.92. The van der Waals surface area contributed by atoms with E-state index in [0.29, 0.717) is 18.1 Å².